The minimum Gasteiger partial charge on any atom is -0.497 e. The molecular weight excluding hydrogens is 706 g/mol. The summed E-state index contributed by atoms with van der Waals surface area (Å²) in [4.78, 5) is 30.6. The van der Waals surface area contributed by atoms with E-state index >= 15 is 0 Å². The van der Waals surface area contributed by atoms with Gasteiger partial charge in [0.05, 0.1) is 24.8 Å². The van der Waals surface area contributed by atoms with Crippen LogP contribution in [-0.2, 0) is 32.6 Å². The summed E-state index contributed by atoms with van der Waals surface area (Å²) in [5.74, 6) is -0.0303. The summed E-state index contributed by atoms with van der Waals surface area (Å²) >= 11 is 3.53. The van der Waals surface area contributed by atoms with E-state index < -0.39 is 28.5 Å². The van der Waals surface area contributed by atoms with E-state index in [-0.39, 0.29) is 41.2 Å². The molecular formula is C38H42BrN3O6S. The van der Waals surface area contributed by atoms with E-state index in [9.17, 15) is 18.0 Å². The molecule has 11 heteroatoms. The summed E-state index contributed by atoms with van der Waals surface area (Å²) in [6.45, 7) is -0.499. The second kappa shape index (κ2) is 16.8. The highest BCUT2D eigenvalue weighted by Gasteiger charge is 2.36. The van der Waals surface area contributed by atoms with Crippen LogP contribution in [0.25, 0.3) is 0 Å². The Hall–Kier alpha value is -4.35. The highest BCUT2D eigenvalue weighted by molar-refractivity contribution is 9.10. The van der Waals surface area contributed by atoms with Gasteiger partial charge in [0.25, 0.3) is 10.0 Å². The number of anilines is 1. The zero-order valence-corrected chi connectivity index (χ0v) is 30.2. The molecule has 0 aromatic heterocycles. The molecule has 0 aliphatic heterocycles. The number of hydrogen-bond acceptors (Lipinski definition) is 6. The first kappa shape index (κ1) is 35.9. The Morgan fingerprint density at radius 3 is 2.18 bits per heavy atom. The summed E-state index contributed by atoms with van der Waals surface area (Å²) in [5.41, 5.74) is 1.86. The first-order valence-electron chi connectivity index (χ1n) is 16.4. The topological polar surface area (TPSA) is 105 Å². The molecule has 2 amide bonds. The standard InChI is InChI=1S/C38H42BrN3O6S/c1-47-32-20-22-33(23-21-32)49(45,46)42(34-18-9-10-19-36(34)48-2)27-37(43)41(26-29-14-11-15-30(39)24-29)35(25-28-12-5-3-6-13-28)38(44)40-31-16-7-4-8-17-31/h3,5-6,9-15,18-24,31,35H,4,7-8,16-17,25-27H2,1-2H3,(H,40,44)/t35-/m0/s1. The molecule has 1 saturated carbocycles. The minimum absolute atomic E-state index is 0.0165. The maximum atomic E-state index is 14.8. The van der Waals surface area contributed by atoms with E-state index in [1.807, 2.05) is 54.6 Å². The molecule has 1 N–H and O–H groups in total. The van der Waals surface area contributed by atoms with Gasteiger partial charge in [0, 0.05) is 23.5 Å². The number of nitrogens with one attached hydrogen (secondary N) is 1. The van der Waals surface area contributed by atoms with E-state index in [1.165, 1.54) is 31.3 Å². The quantitative estimate of drug-likeness (QED) is 0.153. The predicted octanol–water partition coefficient (Wildman–Crippen LogP) is 6.75. The van der Waals surface area contributed by atoms with Gasteiger partial charge in [-0.1, -0.05) is 89.8 Å². The van der Waals surface area contributed by atoms with Crippen LogP contribution in [0.15, 0.2) is 112 Å². The average molecular weight is 749 g/mol. The first-order chi connectivity index (χ1) is 23.7. The van der Waals surface area contributed by atoms with Crippen LogP contribution in [0.1, 0.15) is 43.2 Å². The van der Waals surface area contributed by atoms with Crippen molar-refractivity contribution in [3.8, 4) is 11.5 Å². The largest absolute Gasteiger partial charge is 0.497 e. The zero-order chi connectivity index (χ0) is 34.8. The van der Waals surface area contributed by atoms with Crippen LogP contribution in [0.3, 0.4) is 0 Å². The van der Waals surface area contributed by atoms with Crippen molar-refractivity contribution in [2.24, 2.45) is 0 Å². The third-order valence-electron chi connectivity index (χ3n) is 8.74. The maximum absolute atomic E-state index is 14.8. The fourth-order valence-electron chi connectivity index (χ4n) is 6.15. The second-order valence-electron chi connectivity index (χ2n) is 12.1. The summed E-state index contributed by atoms with van der Waals surface area (Å²) in [6.07, 6.45) is 5.21. The van der Waals surface area contributed by atoms with Crippen LogP contribution in [0, 0.1) is 0 Å². The van der Waals surface area contributed by atoms with Crippen molar-refractivity contribution >= 4 is 43.5 Å². The number of hydrogen-bond donors (Lipinski definition) is 1. The lowest BCUT2D eigenvalue weighted by Crippen LogP contribution is -2.55. The number of halogens is 1. The molecule has 5 rings (SSSR count). The number of carbonyl (C=O) groups is 2. The highest BCUT2D eigenvalue weighted by Crippen LogP contribution is 2.33. The Labute approximate surface area is 297 Å². The highest BCUT2D eigenvalue weighted by atomic mass is 79.9. The summed E-state index contributed by atoms with van der Waals surface area (Å²) in [6, 6.07) is 28.8. The summed E-state index contributed by atoms with van der Waals surface area (Å²) < 4.78 is 41.5. The molecule has 0 bridgehead atoms. The van der Waals surface area contributed by atoms with Crippen molar-refractivity contribution in [3.05, 3.63) is 119 Å². The third kappa shape index (κ3) is 9.21. The number of amides is 2. The van der Waals surface area contributed by atoms with E-state index in [4.69, 9.17) is 9.47 Å². The molecule has 49 heavy (non-hydrogen) atoms. The Morgan fingerprint density at radius 1 is 0.837 bits per heavy atom. The van der Waals surface area contributed by atoms with Gasteiger partial charge >= 0.3 is 0 Å². The number of ether oxygens (including phenoxy) is 2. The molecule has 1 aliphatic rings. The summed E-state index contributed by atoms with van der Waals surface area (Å²) in [7, 11) is -1.36. The van der Waals surface area contributed by atoms with Gasteiger partial charge < -0.3 is 19.7 Å². The molecule has 9 nitrogen and oxygen atoms in total. The molecule has 258 valence electrons. The van der Waals surface area contributed by atoms with E-state index in [0.29, 0.717) is 5.75 Å². The van der Waals surface area contributed by atoms with Gasteiger partial charge in [0.1, 0.15) is 24.1 Å². The monoisotopic (exact) mass is 747 g/mol. The SMILES string of the molecule is COc1ccc(S(=O)(=O)N(CC(=O)N(Cc2cccc(Br)c2)[C@@H](Cc2ccccc2)C(=O)NC2CCCCC2)c2ccccc2OC)cc1. The Bertz CT molecular complexity index is 1810. The maximum Gasteiger partial charge on any atom is 0.264 e. The zero-order valence-electron chi connectivity index (χ0n) is 27.8. The molecule has 1 atom stereocenters. The van der Waals surface area contributed by atoms with Crippen molar-refractivity contribution in [1.82, 2.24) is 10.2 Å². The Balaban J connectivity index is 1.58. The number of methoxy groups -OCH3 is 2. The lowest BCUT2D eigenvalue weighted by atomic mass is 9.94. The molecule has 1 fully saturated rings. The van der Waals surface area contributed by atoms with Crippen molar-refractivity contribution in [1.29, 1.82) is 0 Å². The number of sulfonamides is 1. The van der Waals surface area contributed by atoms with Gasteiger partial charge in [-0.2, -0.15) is 0 Å². The number of nitrogens with zero attached hydrogens (tertiary/aromatic N) is 2. The first-order valence-corrected chi connectivity index (χ1v) is 18.6. The molecule has 0 saturated heterocycles. The predicted molar refractivity (Wildman–Crippen MR) is 194 cm³/mol. The van der Waals surface area contributed by atoms with Gasteiger partial charge in [0.2, 0.25) is 11.8 Å². The van der Waals surface area contributed by atoms with Crippen LogP contribution in [0.4, 0.5) is 5.69 Å². The van der Waals surface area contributed by atoms with E-state index in [1.54, 1.807) is 36.4 Å². The van der Waals surface area contributed by atoms with Gasteiger partial charge in [-0.3, -0.25) is 13.9 Å². The van der Waals surface area contributed by atoms with Crippen LogP contribution >= 0.6 is 15.9 Å². The van der Waals surface area contributed by atoms with Gasteiger partial charge in [0.15, 0.2) is 0 Å². The van der Waals surface area contributed by atoms with Crippen molar-refractivity contribution in [2.45, 2.75) is 62.0 Å². The van der Waals surface area contributed by atoms with Crippen LogP contribution in [0.2, 0.25) is 0 Å². The lowest BCUT2D eigenvalue weighted by Gasteiger charge is -2.35. The van der Waals surface area contributed by atoms with Crippen LogP contribution in [-0.4, -0.2) is 58.0 Å². The van der Waals surface area contributed by atoms with Crippen molar-refractivity contribution in [2.75, 3.05) is 25.1 Å². The molecule has 1 aliphatic carbocycles. The minimum atomic E-state index is -4.31. The summed E-state index contributed by atoms with van der Waals surface area (Å²) in [5, 5.41) is 3.24. The van der Waals surface area contributed by atoms with Gasteiger partial charge in [-0.25, -0.2) is 8.42 Å². The van der Waals surface area contributed by atoms with E-state index in [0.717, 1.165) is 52.0 Å². The molecule has 0 radical (unpaired) electrons. The van der Waals surface area contributed by atoms with Crippen LogP contribution < -0.4 is 19.1 Å². The van der Waals surface area contributed by atoms with E-state index in [2.05, 4.69) is 21.2 Å². The Kier molecular flexibility index (Phi) is 12.4. The normalized spacial score (nSPS) is 14.0. The fourth-order valence-corrected chi connectivity index (χ4v) is 8.03. The molecule has 0 heterocycles. The van der Waals surface area contributed by atoms with Crippen molar-refractivity contribution in [3.63, 3.8) is 0 Å². The lowest BCUT2D eigenvalue weighted by molar-refractivity contribution is -0.140. The molecule has 4 aromatic rings. The van der Waals surface area contributed by atoms with Crippen LogP contribution in [0.5, 0.6) is 11.5 Å². The molecule has 0 unspecified atom stereocenters. The van der Waals surface area contributed by atoms with Crippen molar-refractivity contribution < 1.29 is 27.5 Å². The third-order valence-corrected chi connectivity index (χ3v) is 11.0. The molecule has 0 spiro atoms. The Morgan fingerprint density at radius 2 is 1.51 bits per heavy atom. The average Bonchev–Trinajstić information content (AvgIpc) is 3.12. The smallest absolute Gasteiger partial charge is 0.264 e. The fraction of sp³-hybridized carbons (Fsp3) is 0.316. The second-order valence-corrected chi connectivity index (χ2v) is 14.8. The number of para-hydroxylation sites is 2. The number of rotatable bonds is 14. The molecule has 4 aromatic carbocycles. The van der Waals surface area contributed by atoms with Gasteiger partial charge in [-0.05, 0) is 72.5 Å². The number of carbonyl (C=O) groups excluding carboxylic acids is 2. The van der Waals surface area contributed by atoms with Gasteiger partial charge in [-0.15, -0.1) is 0 Å². The number of benzene rings is 4.